The fourth-order valence-corrected chi connectivity index (χ4v) is 0.253. The second kappa shape index (κ2) is 7.17. The van der Waals surface area contributed by atoms with Gasteiger partial charge in [-0.15, -0.1) is 0 Å². The smallest absolute Gasteiger partial charge is 0.303 e. The molecule has 0 bridgehead atoms. The van der Waals surface area contributed by atoms with Crippen molar-refractivity contribution >= 4 is 5.97 Å². The van der Waals surface area contributed by atoms with Gasteiger partial charge in [0.2, 0.25) is 0 Å². The molecule has 8 heavy (non-hydrogen) atoms. The molecule has 0 aromatic heterocycles. The molecule has 3 N–H and O–H groups in total. The van der Waals surface area contributed by atoms with Crippen LogP contribution in [0.25, 0.3) is 0 Å². The van der Waals surface area contributed by atoms with Crippen LogP contribution in [0.4, 0.5) is 0 Å². The summed E-state index contributed by atoms with van der Waals surface area (Å²) >= 11 is 0. The van der Waals surface area contributed by atoms with Gasteiger partial charge in [0.15, 0.2) is 0 Å². The number of carboxylic acid groups (broad SMARTS) is 1. The minimum atomic E-state index is -0.773. The van der Waals surface area contributed by atoms with Crippen LogP contribution >= 0.6 is 0 Å². The molecule has 0 amide bonds. The van der Waals surface area contributed by atoms with Crippen LogP contribution < -0.4 is 5.73 Å². The molecule has 0 aromatic rings. The van der Waals surface area contributed by atoms with Gasteiger partial charge in [0.1, 0.15) is 0 Å². The summed E-state index contributed by atoms with van der Waals surface area (Å²) < 4.78 is 0. The summed E-state index contributed by atoms with van der Waals surface area (Å²) in [7, 11) is 0. The molecule has 4 heteroatoms. The molecule has 0 rings (SSSR count). The summed E-state index contributed by atoms with van der Waals surface area (Å²) in [4.78, 5) is 9.70. The number of carboxylic acids is 1. The van der Waals surface area contributed by atoms with E-state index in [0.29, 0.717) is 13.0 Å². The minimum Gasteiger partial charge on any atom is -0.481 e. The molecular formula is C4H9AuNO2. The summed E-state index contributed by atoms with van der Waals surface area (Å²) in [6.45, 7) is 0.465. The Balaban J connectivity index is 0. The molecular weight excluding hydrogens is 291 g/mol. The topological polar surface area (TPSA) is 63.3 Å². The Morgan fingerprint density at radius 2 is 2.12 bits per heavy atom. The Morgan fingerprint density at radius 1 is 1.62 bits per heavy atom. The molecule has 0 aromatic carbocycles. The predicted molar refractivity (Wildman–Crippen MR) is 25.9 cm³/mol. The van der Waals surface area contributed by atoms with Gasteiger partial charge < -0.3 is 10.8 Å². The number of carbonyl (C=O) groups is 1. The van der Waals surface area contributed by atoms with E-state index >= 15 is 0 Å². The molecule has 0 fully saturated rings. The number of hydrogen-bond acceptors (Lipinski definition) is 2. The van der Waals surface area contributed by atoms with Crippen LogP contribution in [0.2, 0.25) is 0 Å². The molecule has 0 aliphatic heterocycles. The first-order valence-electron chi connectivity index (χ1n) is 2.19. The average molecular weight is 300 g/mol. The Hall–Kier alpha value is 0.170. The fraction of sp³-hybridized carbons (Fsp3) is 0.750. The molecule has 3 nitrogen and oxygen atoms in total. The van der Waals surface area contributed by atoms with Gasteiger partial charge in [0.25, 0.3) is 0 Å². The largest absolute Gasteiger partial charge is 0.481 e. The van der Waals surface area contributed by atoms with Crippen LogP contribution in [-0.4, -0.2) is 17.6 Å². The molecule has 0 atom stereocenters. The summed E-state index contributed by atoms with van der Waals surface area (Å²) in [6.07, 6.45) is 0.770. The van der Waals surface area contributed by atoms with Gasteiger partial charge in [0, 0.05) is 28.8 Å². The van der Waals surface area contributed by atoms with Gasteiger partial charge in [-0.25, -0.2) is 0 Å². The van der Waals surface area contributed by atoms with Crippen molar-refractivity contribution in [3.05, 3.63) is 0 Å². The van der Waals surface area contributed by atoms with Gasteiger partial charge in [-0.05, 0) is 13.0 Å². The zero-order valence-corrected chi connectivity index (χ0v) is 6.52. The zero-order chi connectivity index (χ0) is 5.70. The van der Waals surface area contributed by atoms with E-state index in [2.05, 4.69) is 0 Å². The van der Waals surface area contributed by atoms with Crippen LogP contribution in [0.15, 0.2) is 0 Å². The Bertz CT molecular complexity index is 67.1. The van der Waals surface area contributed by atoms with Gasteiger partial charge in [-0.2, -0.15) is 0 Å². The Morgan fingerprint density at radius 3 is 2.25 bits per heavy atom. The van der Waals surface area contributed by atoms with Crippen LogP contribution in [0.1, 0.15) is 12.8 Å². The van der Waals surface area contributed by atoms with E-state index in [4.69, 9.17) is 10.8 Å². The molecule has 0 saturated carbocycles. The van der Waals surface area contributed by atoms with Crippen LogP contribution in [0, 0.1) is 0 Å². The zero-order valence-electron chi connectivity index (χ0n) is 4.36. The molecule has 53 valence electrons. The van der Waals surface area contributed by atoms with Crippen molar-refractivity contribution in [1.82, 2.24) is 0 Å². The van der Waals surface area contributed by atoms with Crippen molar-refractivity contribution in [2.24, 2.45) is 5.73 Å². The number of aliphatic carboxylic acids is 1. The summed E-state index contributed by atoms with van der Waals surface area (Å²) in [6, 6.07) is 0. The summed E-state index contributed by atoms with van der Waals surface area (Å²) in [5.74, 6) is -0.773. The molecule has 0 unspecified atom stereocenters. The summed E-state index contributed by atoms with van der Waals surface area (Å²) in [5.41, 5.74) is 5.01. The number of hydrogen-bond donors (Lipinski definition) is 2. The second-order valence-electron chi connectivity index (χ2n) is 1.29. The van der Waals surface area contributed by atoms with Crippen molar-refractivity contribution < 1.29 is 32.3 Å². The first kappa shape index (κ1) is 11.0. The van der Waals surface area contributed by atoms with E-state index < -0.39 is 5.97 Å². The normalized spacial score (nSPS) is 7.62. The van der Waals surface area contributed by atoms with E-state index in [-0.39, 0.29) is 28.8 Å². The SMILES string of the molecule is NCCCC(=O)O.[Au]. The molecule has 0 aliphatic carbocycles. The maximum atomic E-state index is 9.70. The average Bonchev–Trinajstić information content (AvgIpc) is 1.61. The maximum Gasteiger partial charge on any atom is 0.303 e. The first-order chi connectivity index (χ1) is 3.27. The maximum absolute atomic E-state index is 9.70. The second-order valence-corrected chi connectivity index (χ2v) is 1.29. The van der Waals surface area contributed by atoms with Crippen LogP contribution in [0.3, 0.4) is 0 Å². The van der Waals surface area contributed by atoms with Crippen molar-refractivity contribution in [3.63, 3.8) is 0 Å². The number of rotatable bonds is 3. The monoisotopic (exact) mass is 300 g/mol. The molecule has 1 radical (unpaired) electrons. The quantitative estimate of drug-likeness (QED) is 0.710. The summed E-state index contributed by atoms with van der Waals surface area (Å²) in [5, 5.41) is 7.99. The number of nitrogens with two attached hydrogens (primary N) is 1. The van der Waals surface area contributed by atoms with Gasteiger partial charge in [-0.3, -0.25) is 4.79 Å². The van der Waals surface area contributed by atoms with Crippen molar-refractivity contribution in [1.29, 1.82) is 0 Å². The Labute approximate surface area is 63.8 Å². The standard InChI is InChI=1S/C4H9NO2.Au/c5-3-1-2-4(6)7;/h1-3,5H2,(H,6,7);. The molecule has 0 heterocycles. The first-order valence-corrected chi connectivity index (χ1v) is 2.19. The van der Waals surface area contributed by atoms with E-state index in [1.54, 1.807) is 0 Å². The minimum absolute atomic E-state index is 0. The van der Waals surface area contributed by atoms with Gasteiger partial charge in [0.05, 0.1) is 0 Å². The molecule has 0 spiro atoms. The predicted octanol–water partition coefficient (Wildman–Crippen LogP) is -0.193. The van der Waals surface area contributed by atoms with E-state index in [9.17, 15) is 4.79 Å². The van der Waals surface area contributed by atoms with E-state index in [1.807, 2.05) is 0 Å². The van der Waals surface area contributed by atoms with E-state index in [0.717, 1.165) is 0 Å². The third-order valence-electron chi connectivity index (χ3n) is 0.595. The van der Waals surface area contributed by atoms with Crippen LogP contribution in [0.5, 0.6) is 0 Å². The molecule has 0 saturated heterocycles. The van der Waals surface area contributed by atoms with Gasteiger partial charge >= 0.3 is 5.97 Å². The third-order valence-corrected chi connectivity index (χ3v) is 0.595. The van der Waals surface area contributed by atoms with Crippen molar-refractivity contribution in [3.8, 4) is 0 Å². The van der Waals surface area contributed by atoms with Crippen molar-refractivity contribution in [2.45, 2.75) is 12.8 Å². The molecule has 0 aliphatic rings. The van der Waals surface area contributed by atoms with E-state index in [1.165, 1.54) is 0 Å². The van der Waals surface area contributed by atoms with Crippen molar-refractivity contribution in [2.75, 3.05) is 6.54 Å². The van der Waals surface area contributed by atoms with Gasteiger partial charge in [-0.1, -0.05) is 0 Å². The Kier molecular flexibility index (Phi) is 9.89. The van der Waals surface area contributed by atoms with Crippen LogP contribution in [-0.2, 0) is 27.2 Å². The fourth-order valence-electron chi connectivity index (χ4n) is 0.253. The third kappa shape index (κ3) is 9.48.